The first-order valence-electron chi connectivity index (χ1n) is 9.54. The van der Waals surface area contributed by atoms with Gasteiger partial charge in [-0.1, -0.05) is 36.4 Å². The van der Waals surface area contributed by atoms with Gasteiger partial charge in [-0.25, -0.2) is 9.78 Å². The highest BCUT2D eigenvalue weighted by Crippen LogP contribution is 2.25. The van der Waals surface area contributed by atoms with Gasteiger partial charge in [0, 0.05) is 25.8 Å². The molecule has 1 unspecified atom stereocenters. The fourth-order valence-electron chi connectivity index (χ4n) is 3.54. The van der Waals surface area contributed by atoms with Crippen molar-refractivity contribution in [1.29, 1.82) is 0 Å². The van der Waals surface area contributed by atoms with Gasteiger partial charge in [0.2, 0.25) is 0 Å². The fourth-order valence-corrected chi connectivity index (χ4v) is 3.54. The van der Waals surface area contributed by atoms with E-state index in [9.17, 15) is 14.4 Å². The van der Waals surface area contributed by atoms with Gasteiger partial charge in [-0.05, 0) is 17.7 Å². The van der Waals surface area contributed by atoms with Crippen LogP contribution in [0.1, 0.15) is 11.6 Å². The van der Waals surface area contributed by atoms with Crippen LogP contribution in [0.25, 0.3) is 11.2 Å². The first-order chi connectivity index (χ1) is 14.9. The Kier molecular flexibility index (Phi) is 5.16. The van der Waals surface area contributed by atoms with Crippen LogP contribution < -0.4 is 21.3 Å². The Balaban J connectivity index is 1.88. The molecule has 0 radical (unpaired) electrons. The van der Waals surface area contributed by atoms with Gasteiger partial charge in [0.1, 0.15) is 11.8 Å². The predicted octanol–water partition coefficient (Wildman–Crippen LogP) is 1.67. The molecule has 2 aromatic carbocycles. The molecule has 4 rings (SSSR count). The molecule has 4 aromatic rings. The molecule has 0 aliphatic rings. The highest BCUT2D eigenvalue weighted by Gasteiger charge is 2.27. The normalized spacial score (nSPS) is 12.0. The number of anilines is 1. The summed E-state index contributed by atoms with van der Waals surface area (Å²) in [4.78, 5) is 42.9. The molecule has 0 fully saturated rings. The lowest BCUT2D eigenvalue weighted by molar-refractivity contribution is -0.118. The Hall–Kier alpha value is -4.14. The first-order valence-corrected chi connectivity index (χ1v) is 9.54. The van der Waals surface area contributed by atoms with E-state index in [4.69, 9.17) is 4.74 Å². The van der Waals surface area contributed by atoms with Crippen LogP contribution in [-0.4, -0.2) is 31.7 Å². The maximum absolute atomic E-state index is 13.4. The number of rotatable bonds is 5. The quantitative estimate of drug-likeness (QED) is 0.530. The largest absolute Gasteiger partial charge is 0.497 e. The Morgan fingerprint density at radius 3 is 2.48 bits per heavy atom. The number of benzene rings is 2. The molecule has 0 aliphatic carbocycles. The fraction of sp³-hybridized carbons (Fsp3) is 0.182. The molecule has 1 amide bonds. The summed E-state index contributed by atoms with van der Waals surface area (Å²) in [6.07, 6.45) is 1.41. The SMILES string of the molecule is COc1cccc(NC(=O)C(c2ccccc2)n2cnc3c2c(=O)n(C)c(=O)n3C)c1. The Morgan fingerprint density at radius 1 is 1.03 bits per heavy atom. The maximum Gasteiger partial charge on any atom is 0.332 e. The second-order valence-electron chi connectivity index (χ2n) is 7.06. The lowest BCUT2D eigenvalue weighted by Gasteiger charge is -2.20. The zero-order valence-corrected chi connectivity index (χ0v) is 17.3. The number of amides is 1. The summed E-state index contributed by atoms with van der Waals surface area (Å²) in [5, 5.41) is 2.88. The molecule has 0 bridgehead atoms. The lowest BCUT2D eigenvalue weighted by atomic mass is 10.1. The van der Waals surface area contributed by atoms with Crippen molar-refractivity contribution in [3.63, 3.8) is 0 Å². The standard InChI is InChI=1S/C22H21N5O4/c1-25-19-18(21(29)26(2)22(25)30)27(13-23-19)17(14-8-5-4-6-9-14)20(28)24-15-10-7-11-16(12-15)31-3/h4-13,17H,1-3H3,(H,24,28). The third-order valence-corrected chi connectivity index (χ3v) is 5.15. The van der Waals surface area contributed by atoms with E-state index in [1.54, 1.807) is 43.5 Å². The van der Waals surface area contributed by atoms with Crippen molar-refractivity contribution in [2.75, 3.05) is 12.4 Å². The van der Waals surface area contributed by atoms with Crippen molar-refractivity contribution in [3.05, 3.63) is 87.3 Å². The number of carbonyl (C=O) groups excluding carboxylic acids is 1. The smallest absolute Gasteiger partial charge is 0.332 e. The zero-order valence-electron chi connectivity index (χ0n) is 17.3. The average Bonchev–Trinajstić information content (AvgIpc) is 3.22. The maximum atomic E-state index is 13.4. The molecule has 0 spiro atoms. The second-order valence-corrected chi connectivity index (χ2v) is 7.06. The van der Waals surface area contributed by atoms with Crippen molar-refractivity contribution in [3.8, 4) is 5.75 Å². The minimum atomic E-state index is -0.886. The van der Waals surface area contributed by atoms with E-state index >= 15 is 0 Å². The molecular weight excluding hydrogens is 398 g/mol. The topological polar surface area (TPSA) is 100 Å². The summed E-state index contributed by atoms with van der Waals surface area (Å²) in [5.74, 6) is 0.237. The van der Waals surface area contributed by atoms with Gasteiger partial charge in [-0.2, -0.15) is 0 Å². The van der Waals surface area contributed by atoms with Gasteiger partial charge in [-0.3, -0.25) is 18.7 Å². The van der Waals surface area contributed by atoms with Crippen LogP contribution >= 0.6 is 0 Å². The number of nitrogens with zero attached hydrogens (tertiary/aromatic N) is 4. The number of ether oxygens (including phenoxy) is 1. The summed E-state index contributed by atoms with van der Waals surface area (Å²) in [7, 11) is 4.48. The highest BCUT2D eigenvalue weighted by atomic mass is 16.5. The average molecular weight is 419 g/mol. The molecule has 2 aromatic heterocycles. The summed E-state index contributed by atoms with van der Waals surface area (Å²) in [6.45, 7) is 0. The Labute approximate surface area is 177 Å². The second kappa shape index (κ2) is 7.94. The van der Waals surface area contributed by atoms with E-state index in [0.717, 1.165) is 4.57 Å². The predicted molar refractivity (Wildman–Crippen MR) is 116 cm³/mol. The number of aromatic nitrogens is 4. The number of methoxy groups -OCH3 is 1. The third kappa shape index (κ3) is 3.50. The molecule has 0 saturated carbocycles. The van der Waals surface area contributed by atoms with E-state index in [0.29, 0.717) is 17.0 Å². The summed E-state index contributed by atoms with van der Waals surface area (Å²) >= 11 is 0. The number of aryl methyl sites for hydroxylation is 1. The van der Waals surface area contributed by atoms with E-state index < -0.39 is 17.3 Å². The van der Waals surface area contributed by atoms with E-state index in [1.165, 1.54) is 29.6 Å². The summed E-state index contributed by atoms with van der Waals surface area (Å²) < 4.78 is 9.01. The molecule has 0 saturated heterocycles. The number of hydrogen-bond donors (Lipinski definition) is 1. The molecular formula is C22H21N5O4. The summed E-state index contributed by atoms with van der Waals surface area (Å²) in [5.41, 5.74) is 0.584. The molecule has 1 atom stereocenters. The molecule has 31 heavy (non-hydrogen) atoms. The number of carbonyl (C=O) groups is 1. The van der Waals surface area contributed by atoms with E-state index in [-0.39, 0.29) is 17.1 Å². The Morgan fingerprint density at radius 2 is 1.77 bits per heavy atom. The Bertz CT molecular complexity index is 1380. The van der Waals surface area contributed by atoms with Gasteiger partial charge >= 0.3 is 5.69 Å². The first kappa shape index (κ1) is 20.1. The lowest BCUT2D eigenvalue weighted by Crippen LogP contribution is -2.38. The molecule has 9 nitrogen and oxygen atoms in total. The van der Waals surface area contributed by atoms with Crippen molar-refractivity contribution in [2.45, 2.75) is 6.04 Å². The van der Waals surface area contributed by atoms with Gasteiger partial charge in [0.25, 0.3) is 11.5 Å². The molecule has 2 heterocycles. The zero-order chi connectivity index (χ0) is 22.1. The minimum absolute atomic E-state index is 0.166. The monoisotopic (exact) mass is 419 g/mol. The summed E-state index contributed by atoms with van der Waals surface area (Å²) in [6, 6.07) is 15.2. The number of nitrogens with one attached hydrogen (secondary N) is 1. The van der Waals surface area contributed by atoms with Crippen LogP contribution in [0.15, 0.2) is 70.5 Å². The van der Waals surface area contributed by atoms with Crippen LogP contribution in [0.4, 0.5) is 5.69 Å². The van der Waals surface area contributed by atoms with Crippen LogP contribution in [0.2, 0.25) is 0 Å². The number of fused-ring (bicyclic) bond motifs is 1. The van der Waals surface area contributed by atoms with Gasteiger partial charge in [0.15, 0.2) is 11.2 Å². The van der Waals surface area contributed by atoms with Crippen molar-refractivity contribution >= 4 is 22.8 Å². The number of hydrogen-bond acceptors (Lipinski definition) is 5. The number of imidazole rings is 1. The van der Waals surface area contributed by atoms with Gasteiger partial charge < -0.3 is 14.6 Å². The third-order valence-electron chi connectivity index (χ3n) is 5.15. The minimum Gasteiger partial charge on any atom is -0.497 e. The highest BCUT2D eigenvalue weighted by molar-refractivity contribution is 5.96. The van der Waals surface area contributed by atoms with Gasteiger partial charge in [-0.15, -0.1) is 0 Å². The van der Waals surface area contributed by atoms with Crippen molar-refractivity contribution in [1.82, 2.24) is 18.7 Å². The van der Waals surface area contributed by atoms with Crippen LogP contribution in [0, 0.1) is 0 Å². The van der Waals surface area contributed by atoms with E-state index in [2.05, 4.69) is 10.3 Å². The molecule has 158 valence electrons. The molecule has 0 aliphatic heterocycles. The van der Waals surface area contributed by atoms with Crippen LogP contribution in [0.5, 0.6) is 5.75 Å². The van der Waals surface area contributed by atoms with E-state index in [1.807, 2.05) is 18.2 Å². The van der Waals surface area contributed by atoms with Gasteiger partial charge in [0.05, 0.1) is 13.4 Å². The molecule has 1 N–H and O–H groups in total. The van der Waals surface area contributed by atoms with Crippen molar-refractivity contribution in [2.24, 2.45) is 14.1 Å². The van der Waals surface area contributed by atoms with Crippen LogP contribution in [-0.2, 0) is 18.9 Å². The van der Waals surface area contributed by atoms with Crippen LogP contribution in [0.3, 0.4) is 0 Å². The van der Waals surface area contributed by atoms with Crippen molar-refractivity contribution < 1.29 is 9.53 Å². The molecule has 9 heteroatoms.